The zero-order chi connectivity index (χ0) is 17.2. The minimum atomic E-state index is -4.64. The van der Waals surface area contributed by atoms with Gasteiger partial charge in [-0.05, 0) is 6.08 Å². The van der Waals surface area contributed by atoms with E-state index in [4.69, 9.17) is 4.74 Å². The molecular formula is C14H15F3N2O3S. The summed E-state index contributed by atoms with van der Waals surface area (Å²) in [4.78, 5) is 25.8. The smallest absolute Gasteiger partial charge is 0.410 e. The fourth-order valence-electron chi connectivity index (χ4n) is 2.39. The molecule has 2 amide bonds. The average Bonchev–Trinajstić information content (AvgIpc) is 3.00. The standard InChI is InChI=1S/C14H15F3N2O3S/c1-3-12(20)18-4-5-19(11(6-18)14(15,16)17)13(21)9-7-23-8-10(9)22-2/h3,7-8,11H,1,4-6H2,2H3. The lowest BCUT2D eigenvalue weighted by molar-refractivity contribution is -0.189. The van der Waals surface area contributed by atoms with Crippen molar-refractivity contribution in [2.45, 2.75) is 12.2 Å². The van der Waals surface area contributed by atoms with Crippen molar-refractivity contribution in [3.8, 4) is 5.75 Å². The second kappa shape index (κ2) is 6.61. The van der Waals surface area contributed by atoms with Crippen LogP contribution in [0.5, 0.6) is 5.75 Å². The van der Waals surface area contributed by atoms with Gasteiger partial charge in [-0.3, -0.25) is 9.59 Å². The molecule has 1 fully saturated rings. The molecule has 1 aliphatic rings. The van der Waals surface area contributed by atoms with Gasteiger partial charge in [-0.2, -0.15) is 13.2 Å². The number of carbonyl (C=O) groups excluding carboxylic acids is 2. The zero-order valence-corrected chi connectivity index (χ0v) is 13.1. The van der Waals surface area contributed by atoms with Gasteiger partial charge in [0.2, 0.25) is 5.91 Å². The molecule has 126 valence electrons. The molecule has 0 spiro atoms. The number of thiophene rings is 1. The molecule has 1 unspecified atom stereocenters. The summed E-state index contributed by atoms with van der Waals surface area (Å²) in [5, 5.41) is 3.00. The highest BCUT2D eigenvalue weighted by molar-refractivity contribution is 7.08. The highest BCUT2D eigenvalue weighted by atomic mass is 32.1. The van der Waals surface area contributed by atoms with E-state index in [0.29, 0.717) is 0 Å². The molecule has 1 aromatic rings. The monoisotopic (exact) mass is 348 g/mol. The number of piperazine rings is 1. The van der Waals surface area contributed by atoms with E-state index in [2.05, 4.69) is 6.58 Å². The van der Waals surface area contributed by atoms with Crippen LogP contribution in [-0.4, -0.2) is 60.6 Å². The van der Waals surface area contributed by atoms with Gasteiger partial charge < -0.3 is 14.5 Å². The van der Waals surface area contributed by atoms with Gasteiger partial charge in [0, 0.05) is 23.8 Å². The SMILES string of the molecule is C=CC(=O)N1CCN(C(=O)c2cscc2OC)C(C(F)(F)F)C1. The van der Waals surface area contributed by atoms with Crippen LogP contribution in [0.25, 0.3) is 0 Å². The Morgan fingerprint density at radius 1 is 1.39 bits per heavy atom. The molecule has 0 bridgehead atoms. The predicted molar refractivity (Wildman–Crippen MR) is 78.5 cm³/mol. The third-order valence-corrected chi connectivity index (χ3v) is 4.30. The average molecular weight is 348 g/mol. The first-order chi connectivity index (χ1) is 10.8. The Kier molecular flexibility index (Phi) is 4.98. The van der Waals surface area contributed by atoms with Gasteiger partial charge in [0.1, 0.15) is 11.8 Å². The fourth-order valence-corrected chi connectivity index (χ4v) is 3.16. The molecule has 0 aliphatic carbocycles. The summed E-state index contributed by atoms with van der Waals surface area (Å²) in [5.41, 5.74) is 0.0928. The van der Waals surface area contributed by atoms with Crippen LogP contribution in [0.15, 0.2) is 23.4 Å². The molecule has 0 N–H and O–H groups in total. The number of nitrogens with zero attached hydrogens (tertiary/aromatic N) is 2. The van der Waals surface area contributed by atoms with Crippen molar-refractivity contribution in [3.05, 3.63) is 29.0 Å². The van der Waals surface area contributed by atoms with Gasteiger partial charge >= 0.3 is 6.18 Å². The molecule has 0 aromatic carbocycles. The number of methoxy groups -OCH3 is 1. The first-order valence-corrected chi connectivity index (χ1v) is 7.63. The molecule has 1 aromatic heterocycles. The molecule has 0 radical (unpaired) electrons. The predicted octanol–water partition coefficient (Wildman–Crippen LogP) is 2.16. The Morgan fingerprint density at radius 3 is 2.65 bits per heavy atom. The number of hydrogen-bond acceptors (Lipinski definition) is 4. The van der Waals surface area contributed by atoms with Crippen molar-refractivity contribution in [2.24, 2.45) is 0 Å². The summed E-state index contributed by atoms with van der Waals surface area (Å²) < 4.78 is 45.0. The van der Waals surface area contributed by atoms with Crippen LogP contribution in [0.3, 0.4) is 0 Å². The van der Waals surface area contributed by atoms with E-state index in [1.54, 1.807) is 5.38 Å². The molecule has 0 saturated carbocycles. The number of amides is 2. The van der Waals surface area contributed by atoms with Gasteiger partial charge in [0.05, 0.1) is 19.2 Å². The molecular weight excluding hydrogens is 333 g/mol. The third kappa shape index (κ3) is 3.49. The number of hydrogen-bond donors (Lipinski definition) is 0. The largest absolute Gasteiger partial charge is 0.495 e. The lowest BCUT2D eigenvalue weighted by Gasteiger charge is -2.41. The van der Waals surface area contributed by atoms with Crippen molar-refractivity contribution in [1.82, 2.24) is 9.80 Å². The minimum absolute atomic E-state index is 0.0234. The van der Waals surface area contributed by atoms with Crippen molar-refractivity contribution in [2.75, 3.05) is 26.7 Å². The van der Waals surface area contributed by atoms with E-state index >= 15 is 0 Å². The van der Waals surface area contributed by atoms with E-state index < -0.39 is 30.6 Å². The quantitative estimate of drug-likeness (QED) is 0.787. The number of alkyl halides is 3. The molecule has 1 saturated heterocycles. The summed E-state index contributed by atoms with van der Waals surface area (Å²) in [6.07, 6.45) is -3.67. The van der Waals surface area contributed by atoms with E-state index in [0.717, 1.165) is 15.9 Å². The van der Waals surface area contributed by atoms with Gasteiger partial charge in [-0.25, -0.2) is 0 Å². The van der Waals surface area contributed by atoms with E-state index in [9.17, 15) is 22.8 Å². The van der Waals surface area contributed by atoms with Crippen LogP contribution < -0.4 is 4.74 Å². The summed E-state index contributed by atoms with van der Waals surface area (Å²) in [5.74, 6) is -1.10. The topological polar surface area (TPSA) is 49.9 Å². The van der Waals surface area contributed by atoms with Crippen LogP contribution in [0, 0.1) is 0 Å². The molecule has 2 rings (SSSR count). The molecule has 5 nitrogen and oxygen atoms in total. The summed E-state index contributed by atoms with van der Waals surface area (Å²) in [6.45, 7) is 2.48. The Labute approximate surface area is 134 Å². The Balaban J connectivity index is 2.28. The van der Waals surface area contributed by atoms with E-state index in [-0.39, 0.29) is 24.4 Å². The van der Waals surface area contributed by atoms with Crippen LogP contribution in [0.1, 0.15) is 10.4 Å². The summed E-state index contributed by atoms with van der Waals surface area (Å²) in [7, 11) is 1.35. The molecule has 23 heavy (non-hydrogen) atoms. The van der Waals surface area contributed by atoms with Gasteiger partial charge in [0.25, 0.3) is 5.91 Å². The Bertz CT molecular complexity index is 615. The highest BCUT2D eigenvalue weighted by Gasteiger charge is 2.49. The number of ether oxygens (including phenoxy) is 1. The maximum Gasteiger partial charge on any atom is 0.410 e. The number of carbonyl (C=O) groups is 2. The van der Waals surface area contributed by atoms with Gasteiger partial charge in [0.15, 0.2) is 0 Å². The summed E-state index contributed by atoms with van der Waals surface area (Å²) in [6, 6.07) is -2.06. The maximum absolute atomic E-state index is 13.3. The first-order valence-electron chi connectivity index (χ1n) is 6.68. The van der Waals surface area contributed by atoms with Crippen molar-refractivity contribution in [1.29, 1.82) is 0 Å². The molecule has 1 atom stereocenters. The lowest BCUT2D eigenvalue weighted by Crippen LogP contribution is -2.61. The second-order valence-corrected chi connectivity index (χ2v) is 5.64. The van der Waals surface area contributed by atoms with E-state index in [1.165, 1.54) is 23.8 Å². The van der Waals surface area contributed by atoms with Crippen LogP contribution >= 0.6 is 11.3 Å². The first kappa shape index (κ1) is 17.3. The van der Waals surface area contributed by atoms with Gasteiger partial charge in [-0.15, -0.1) is 11.3 Å². The Hall–Kier alpha value is -2.03. The molecule has 2 heterocycles. The summed E-state index contributed by atoms with van der Waals surface area (Å²) >= 11 is 1.17. The van der Waals surface area contributed by atoms with Crippen LogP contribution in [-0.2, 0) is 4.79 Å². The number of halogens is 3. The second-order valence-electron chi connectivity index (χ2n) is 4.90. The van der Waals surface area contributed by atoms with E-state index in [1.807, 2.05) is 0 Å². The molecule has 9 heteroatoms. The maximum atomic E-state index is 13.3. The Morgan fingerprint density at radius 2 is 2.09 bits per heavy atom. The van der Waals surface area contributed by atoms with Gasteiger partial charge in [-0.1, -0.05) is 6.58 Å². The van der Waals surface area contributed by atoms with Crippen LogP contribution in [0.2, 0.25) is 0 Å². The highest BCUT2D eigenvalue weighted by Crippen LogP contribution is 2.32. The van der Waals surface area contributed by atoms with Crippen molar-refractivity contribution in [3.63, 3.8) is 0 Å². The van der Waals surface area contributed by atoms with Crippen molar-refractivity contribution < 1.29 is 27.5 Å². The third-order valence-electron chi connectivity index (χ3n) is 3.58. The van der Waals surface area contributed by atoms with Crippen molar-refractivity contribution >= 4 is 23.2 Å². The van der Waals surface area contributed by atoms with Crippen LogP contribution in [0.4, 0.5) is 13.2 Å². The fraction of sp³-hybridized carbons (Fsp3) is 0.429. The normalized spacial score (nSPS) is 18.7. The zero-order valence-electron chi connectivity index (χ0n) is 12.3. The molecule has 1 aliphatic heterocycles. The minimum Gasteiger partial charge on any atom is -0.495 e. The lowest BCUT2D eigenvalue weighted by atomic mass is 10.1. The number of rotatable bonds is 3.